The zero-order valence-corrected chi connectivity index (χ0v) is 23.6. The van der Waals surface area contributed by atoms with Gasteiger partial charge in [0.2, 0.25) is 0 Å². The molecule has 1 fully saturated rings. The summed E-state index contributed by atoms with van der Waals surface area (Å²) in [5.41, 5.74) is 2.27. The van der Waals surface area contributed by atoms with Crippen LogP contribution >= 0.6 is 15.9 Å². The molecule has 0 saturated carbocycles. The summed E-state index contributed by atoms with van der Waals surface area (Å²) < 4.78 is 18.1. The molecule has 0 bridgehead atoms. The molecule has 1 aliphatic heterocycles. The van der Waals surface area contributed by atoms with Gasteiger partial charge in [-0.25, -0.2) is 9.59 Å². The van der Waals surface area contributed by atoms with Gasteiger partial charge < -0.3 is 29.3 Å². The summed E-state index contributed by atoms with van der Waals surface area (Å²) in [4.78, 5) is 35.0. The quantitative estimate of drug-likeness (QED) is 0.345. The number of hydrogen-bond donors (Lipinski definition) is 2. The highest BCUT2D eigenvalue weighted by atomic mass is 79.9. The molecule has 0 aromatic heterocycles. The molecule has 40 heavy (non-hydrogen) atoms. The minimum atomic E-state index is -1.82. The van der Waals surface area contributed by atoms with Crippen molar-refractivity contribution in [3.63, 3.8) is 0 Å². The highest BCUT2D eigenvalue weighted by Gasteiger charge is 2.22. The highest BCUT2D eigenvalue weighted by molar-refractivity contribution is 9.10. The summed E-state index contributed by atoms with van der Waals surface area (Å²) >= 11 is 3.40. The van der Waals surface area contributed by atoms with Gasteiger partial charge in [0.05, 0.1) is 7.11 Å². The number of piperazine rings is 1. The van der Waals surface area contributed by atoms with Crippen LogP contribution in [0.4, 0.5) is 0 Å². The molecular weight excluding hydrogens is 584 g/mol. The second-order valence-electron chi connectivity index (χ2n) is 8.77. The maximum absolute atomic E-state index is 12.6. The van der Waals surface area contributed by atoms with E-state index in [0.717, 1.165) is 46.7 Å². The summed E-state index contributed by atoms with van der Waals surface area (Å²) in [5.74, 6) is -1.47. The topological polar surface area (TPSA) is 126 Å². The van der Waals surface area contributed by atoms with Gasteiger partial charge in [-0.15, -0.1) is 0 Å². The zero-order valence-electron chi connectivity index (χ0n) is 22.0. The summed E-state index contributed by atoms with van der Waals surface area (Å²) in [6, 6.07) is 23.6. The number of carbonyl (C=O) groups excluding carboxylic acids is 1. The number of halogens is 1. The van der Waals surface area contributed by atoms with Crippen LogP contribution in [-0.2, 0) is 27.5 Å². The number of aliphatic carboxylic acids is 2. The number of nitrogens with zero attached hydrogens (tertiary/aromatic N) is 2. The summed E-state index contributed by atoms with van der Waals surface area (Å²) in [7, 11) is 1.65. The van der Waals surface area contributed by atoms with Gasteiger partial charge in [0, 0.05) is 37.2 Å². The number of carboxylic acids is 2. The Bertz CT molecular complexity index is 1250. The predicted octanol–water partition coefficient (Wildman–Crippen LogP) is 3.92. The molecule has 3 aromatic rings. The van der Waals surface area contributed by atoms with Gasteiger partial charge in [0.15, 0.2) is 18.1 Å². The van der Waals surface area contributed by atoms with E-state index in [1.54, 1.807) is 7.11 Å². The molecule has 0 unspecified atom stereocenters. The fraction of sp³-hybridized carbons (Fsp3) is 0.276. The van der Waals surface area contributed by atoms with E-state index in [4.69, 9.17) is 34.0 Å². The van der Waals surface area contributed by atoms with Crippen molar-refractivity contribution in [1.29, 1.82) is 0 Å². The van der Waals surface area contributed by atoms with E-state index in [2.05, 4.69) is 26.9 Å². The lowest BCUT2D eigenvalue weighted by Gasteiger charge is -2.34. The Morgan fingerprint density at radius 2 is 1.45 bits per heavy atom. The number of hydrogen-bond acceptors (Lipinski definition) is 7. The van der Waals surface area contributed by atoms with Gasteiger partial charge in [-0.3, -0.25) is 9.69 Å². The minimum absolute atomic E-state index is 0.0172. The van der Waals surface area contributed by atoms with Gasteiger partial charge in [-0.2, -0.15) is 0 Å². The molecule has 212 valence electrons. The Labute approximate surface area is 240 Å². The lowest BCUT2D eigenvalue weighted by atomic mass is 10.1. The zero-order chi connectivity index (χ0) is 28.9. The molecule has 3 aromatic carbocycles. The van der Waals surface area contributed by atoms with Gasteiger partial charge in [0.25, 0.3) is 5.91 Å². The fourth-order valence-electron chi connectivity index (χ4n) is 3.85. The monoisotopic (exact) mass is 614 g/mol. The lowest BCUT2D eigenvalue weighted by molar-refractivity contribution is -0.159. The van der Waals surface area contributed by atoms with E-state index in [0.29, 0.717) is 25.4 Å². The molecule has 4 rings (SSSR count). The van der Waals surface area contributed by atoms with Crippen molar-refractivity contribution in [3.05, 3.63) is 88.4 Å². The normalized spacial score (nSPS) is 13.0. The molecule has 0 radical (unpaired) electrons. The SMILES string of the molecule is COc1ccc(CN2CCN(C(=O)COc3ccc(Br)cc3)CC2)cc1OCc1ccccc1.O=C(O)C(=O)O. The Morgan fingerprint density at radius 3 is 2.05 bits per heavy atom. The number of ether oxygens (including phenoxy) is 3. The maximum Gasteiger partial charge on any atom is 0.414 e. The van der Waals surface area contributed by atoms with Crippen molar-refractivity contribution in [2.75, 3.05) is 39.9 Å². The van der Waals surface area contributed by atoms with Crippen molar-refractivity contribution in [2.24, 2.45) is 0 Å². The van der Waals surface area contributed by atoms with Gasteiger partial charge in [-0.05, 0) is 47.5 Å². The van der Waals surface area contributed by atoms with Crippen molar-refractivity contribution in [2.45, 2.75) is 13.2 Å². The fourth-order valence-corrected chi connectivity index (χ4v) is 4.11. The number of amides is 1. The van der Waals surface area contributed by atoms with Crippen LogP contribution < -0.4 is 14.2 Å². The Hall–Kier alpha value is -4.09. The smallest absolute Gasteiger partial charge is 0.414 e. The van der Waals surface area contributed by atoms with Crippen LogP contribution in [-0.4, -0.2) is 77.8 Å². The first kappa shape index (κ1) is 30.5. The molecule has 0 aliphatic carbocycles. The molecule has 1 amide bonds. The molecular formula is C29H31BrN2O8. The Kier molecular flexibility index (Phi) is 11.8. The van der Waals surface area contributed by atoms with Crippen LogP contribution in [0.2, 0.25) is 0 Å². The van der Waals surface area contributed by atoms with Gasteiger partial charge in [0.1, 0.15) is 12.4 Å². The molecule has 0 atom stereocenters. The number of carboxylic acid groups (broad SMARTS) is 2. The maximum atomic E-state index is 12.6. The van der Waals surface area contributed by atoms with Crippen LogP contribution in [0.5, 0.6) is 17.2 Å². The molecule has 11 heteroatoms. The molecule has 10 nitrogen and oxygen atoms in total. The first-order chi connectivity index (χ1) is 19.2. The Balaban J connectivity index is 0.000000663. The second kappa shape index (κ2) is 15.5. The van der Waals surface area contributed by atoms with Crippen LogP contribution in [0, 0.1) is 0 Å². The third kappa shape index (κ3) is 9.90. The first-order valence-electron chi connectivity index (χ1n) is 12.4. The predicted molar refractivity (Wildman–Crippen MR) is 151 cm³/mol. The molecule has 1 saturated heterocycles. The lowest BCUT2D eigenvalue weighted by Crippen LogP contribution is -2.49. The summed E-state index contributed by atoms with van der Waals surface area (Å²) in [5, 5.41) is 14.8. The van der Waals surface area contributed by atoms with Crippen molar-refractivity contribution in [1.82, 2.24) is 9.80 Å². The minimum Gasteiger partial charge on any atom is -0.493 e. The number of methoxy groups -OCH3 is 1. The number of carbonyl (C=O) groups is 3. The van der Waals surface area contributed by atoms with Crippen molar-refractivity contribution >= 4 is 33.8 Å². The average Bonchev–Trinajstić information content (AvgIpc) is 2.97. The van der Waals surface area contributed by atoms with E-state index < -0.39 is 11.9 Å². The number of benzene rings is 3. The molecule has 0 spiro atoms. The summed E-state index contributed by atoms with van der Waals surface area (Å²) in [6.45, 7) is 4.35. The van der Waals surface area contributed by atoms with E-state index in [9.17, 15) is 4.79 Å². The van der Waals surface area contributed by atoms with Crippen LogP contribution in [0.25, 0.3) is 0 Å². The Morgan fingerprint density at radius 1 is 0.800 bits per heavy atom. The van der Waals surface area contributed by atoms with Gasteiger partial charge in [-0.1, -0.05) is 52.3 Å². The first-order valence-corrected chi connectivity index (χ1v) is 13.2. The van der Waals surface area contributed by atoms with Crippen LogP contribution in [0.15, 0.2) is 77.3 Å². The van der Waals surface area contributed by atoms with Crippen molar-refractivity contribution in [3.8, 4) is 17.2 Å². The molecule has 1 aliphatic rings. The van der Waals surface area contributed by atoms with Crippen molar-refractivity contribution < 1.29 is 38.8 Å². The third-order valence-electron chi connectivity index (χ3n) is 5.96. The van der Waals surface area contributed by atoms with E-state index in [1.807, 2.05) is 71.6 Å². The highest BCUT2D eigenvalue weighted by Crippen LogP contribution is 2.29. The third-order valence-corrected chi connectivity index (χ3v) is 6.48. The molecule has 2 N–H and O–H groups in total. The van der Waals surface area contributed by atoms with E-state index >= 15 is 0 Å². The average molecular weight is 615 g/mol. The van der Waals surface area contributed by atoms with E-state index in [-0.39, 0.29) is 12.5 Å². The molecule has 1 heterocycles. The van der Waals surface area contributed by atoms with Crippen LogP contribution in [0.1, 0.15) is 11.1 Å². The standard InChI is InChI=1S/C27H29BrN2O4.C2H2O4/c1-32-25-12-7-22(17-26(25)34-19-21-5-3-2-4-6-21)18-29-13-15-30(16-14-29)27(31)20-33-24-10-8-23(28)9-11-24;3-1(4)2(5)6/h2-12,17H,13-16,18-20H2,1H3;(H,3,4)(H,5,6). The van der Waals surface area contributed by atoms with Crippen LogP contribution in [0.3, 0.4) is 0 Å². The largest absolute Gasteiger partial charge is 0.493 e. The summed E-state index contributed by atoms with van der Waals surface area (Å²) in [6.07, 6.45) is 0. The second-order valence-corrected chi connectivity index (χ2v) is 9.68. The number of rotatable bonds is 9. The van der Waals surface area contributed by atoms with Gasteiger partial charge >= 0.3 is 11.9 Å². The van der Waals surface area contributed by atoms with E-state index in [1.165, 1.54) is 0 Å².